The number of benzene rings is 3. The van der Waals surface area contributed by atoms with E-state index in [2.05, 4.69) is 5.32 Å². The zero-order valence-electron chi connectivity index (χ0n) is 23.7. The van der Waals surface area contributed by atoms with Crippen LogP contribution in [0.4, 0.5) is 5.69 Å². The summed E-state index contributed by atoms with van der Waals surface area (Å²) in [4.78, 5) is 27.8. The van der Waals surface area contributed by atoms with Crippen LogP contribution < -0.4 is 19.1 Å². The van der Waals surface area contributed by atoms with Crippen LogP contribution in [-0.2, 0) is 26.2 Å². The van der Waals surface area contributed by atoms with Gasteiger partial charge in [0.05, 0.1) is 34.8 Å². The summed E-state index contributed by atoms with van der Waals surface area (Å²) in [6, 6.07) is 13.4. The molecule has 0 saturated heterocycles. The van der Waals surface area contributed by atoms with E-state index in [1.54, 1.807) is 37.3 Å². The summed E-state index contributed by atoms with van der Waals surface area (Å²) in [5.41, 5.74) is 2.54. The van der Waals surface area contributed by atoms with E-state index in [4.69, 9.17) is 32.7 Å². The number of amides is 2. The van der Waals surface area contributed by atoms with Crippen LogP contribution in [0.1, 0.15) is 23.6 Å². The van der Waals surface area contributed by atoms with Crippen molar-refractivity contribution < 1.29 is 27.5 Å². The Kier molecular flexibility index (Phi) is 10.5. The highest BCUT2D eigenvalue weighted by atomic mass is 35.5. The number of rotatable bonds is 11. The van der Waals surface area contributed by atoms with Crippen molar-refractivity contribution in [2.75, 3.05) is 32.1 Å². The van der Waals surface area contributed by atoms with Crippen molar-refractivity contribution in [3.63, 3.8) is 0 Å². The van der Waals surface area contributed by atoms with Gasteiger partial charge in [-0.15, -0.1) is 0 Å². The number of carbonyl (C=O) groups excluding carboxylic acids is 2. The molecule has 0 heterocycles. The summed E-state index contributed by atoms with van der Waals surface area (Å²) in [6.45, 7) is 4.65. The molecule has 1 unspecified atom stereocenters. The molecule has 0 aliphatic rings. The van der Waals surface area contributed by atoms with Gasteiger partial charge in [-0.05, 0) is 73.9 Å². The molecule has 12 heteroatoms. The van der Waals surface area contributed by atoms with Gasteiger partial charge in [-0.1, -0.05) is 35.3 Å². The molecule has 3 rings (SSSR count). The molecule has 0 aliphatic heterocycles. The molecule has 41 heavy (non-hydrogen) atoms. The number of ether oxygens (including phenoxy) is 2. The van der Waals surface area contributed by atoms with Gasteiger partial charge in [-0.3, -0.25) is 13.9 Å². The Hall–Kier alpha value is -3.47. The van der Waals surface area contributed by atoms with Crippen molar-refractivity contribution in [1.82, 2.24) is 10.2 Å². The average Bonchev–Trinajstić information content (AvgIpc) is 2.94. The van der Waals surface area contributed by atoms with E-state index < -0.39 is 34.4 Å². The van der Waals surface area contributed by atoms with Crippen molar-refractivity contribution in [3.8, 4) is 11.5 Å². The molecule has 9 nitrogen and oxygen atoms in total. The smallest absolute Gasteiger partial charge is 0.264 e. The molecule has 0 spiro atoms. The summed E-state index contributed by atoms with van der Waals surface area (Å²) in [7, 11) is 0.0133. The summed E-state index contributed by atoms with van der Waals surface area (Å²) in [5.74, 6) is -0.447. The van der Waals surface area contributed by atoms with Gasteiger partial charge >= 0.3 is 0 Å². The molecule has 3 aromatic rings. The first kappa shape index (κ1) is 32.0. The first-order valence-corrected chi connectivity index (χ1v) is 14.8. The Morgan fingerprint density at radius 2 is 1.54 bits per heavy atom. The zero-order chi connectivity index (χ0) is 30.5. The highest BCUT2D eigenvalue weighted by Crippen LogP contribution is 2.33. The lowest BCUT2D eigenvalue weighted by atomic mass is 10.1. The molecule has 0 bridgehead atoms. The molecule has 0 aliphatic carbocycles. The predicted octanol–water partition coefficient (Wildman–Crippen LogP) is 4.99. The van der Waals surface area contributed by atoms with Gasteiger partial charge in [0.25, 0.3) is 10.0 Å². The van der Waals surface area contributed by atoms with Crippen LogP contribution in [0.3, 0.4) is 0 Å². The minimum Gasteiger partial charge on any atom is -0.493 e. The Labute approximate surface area is 251 Å². The third-order valence-corrected chi connectivity index (χ3v) is 8.98. The average molecular weight is 623 g/mol. The van der Waals surface area contributed by atoms with E-state index >= 15 is 0 Å². The van der Waals surface area contributed by atoms with Crippen molar-refractivity contribution in [2.24, 2.45) is 0 Å². The van der Waals surface area contributed by atoms with Crippen molar-refractivity contribution in [3.05, 3.63) is 81.3 Å². The number of hydrogen-bond acceptors (Lipinski definition) is 6. The Morgan fingerprint density at radius 1 is 0.902 bits per heavy atom. The number of nitrogens with zero attached hydrogens (tertiary/aromatic N) is 2. The minimum absolute atomic E-state index is 0.0125. The molecule has 0 radical (unpaired) electrons. The molecule has 1 atom stereocenters. The van der Waals surface area contributed by atoms with E-state index in [1.807, 2.05) is 19.9 Å². The maximum atomic E-state index is 14.1. The number of anilines is 1. The Balaban J connectivity index is 2.12. The van der Waals surface area contributed by atoms with Crippen LogP contribution in [0.15, 0.2) is 59.5 Å². The first-order chi connectivity index (χ1) is 19.3. The quantitative estimate of drug-likeness (QED) is 0.323. The van der Waals surface area contributed by atoms with Crippen molar-refractivity contribution >= 4 is 50.7 Å². The van der Waals surface area contributed by atoms with Crippen LogP contribution in [0, 0.1) is 13.8 Å². The molecule has 3 aromatic carbocycles. The predicted molar refractivity (Wildman–Crippen MR) is 161 cm³/mol. The summed E-state index contributed by atoms with van der Waals surface area (Å²) in [6.07, 6.45) is 0. The normalized spacial score (nSPS) is 11.9. The second kappa shape index (κ2) is 13.5. The van der Waals surface area contributed by atoms with Gasteiger partial charge < -0.3 is 19.7 Å². The molecule has 0 saturated carbocycles. The van der Waals surface area contributed by atoms with Crippen LogP contribution >= 0.6 is 23.2 Å². The number of carbonyl (C=O) groups is 2. The molecule has 220 valence electrons. The number of likely N-dealkylation sites (N-methyl/N-ethyl adjacent to an activating group) is 1. The number of halogens is 2. The van der Waals surface area contributed by atoms with Crippen LogP contribution in [0.25, 0.3) is 0 Å². The minimum atomic E-state index is -4.30. The zero-order valence-corrected chi connectivity index (χ0v) is 26.0. The highest BCUT2D eigenvalue weighted by molar-refractivity contribution is 7.92. The van der Waals surface area contributed by atoms with Crippen LogP contribution in [-0.4, -0.2) is 59.0 Å². The number of nitrogens with one attached hydrogen (secondary N) is 1. The standard InChI is InChI=1S/C29H33Cl2N3O6S/c1-18-11-19(2)13-22(12-18)34(41(37,38)23-8-10-26(39-5)27(15-23)40-6)17-28(35)33(20(3)29(36)32-4)16-21-7-9-24(30)25(31)14-21/h7-15,20H,16-17H2,1-6H3,(H,32,36). The lowest BCUT2D eigenvalue weighted by Gasteiger charge is -2.32. The number of hydrogen-bond donors (Lipinski definition) is 1. The van der Waals surface area contributed by atoms with Gasteiger partial charge in [0.2, 0.25) is 11.8 Å². The van der Waals surface area contributed by atoms with E-state index in [0.717, 1.165) is 15.4 Å². The van der Waals surface area contributed by atoms with E-state index in [-0.39, 0.29) is 22.2 Å². The summed E-state index contributed by atoms with van der Waals surface area (Å²) in [5, 5.41) is 3.18. The maximum absolute atomic E-state index is 14.1. The molecule has 0 fully saturated rings. The number of aryl methyl sites for hydroxylation is 2. The van der Waals surface area contributed by atoms with Crippen molar-refractivity contribution in [2.45, 2.75) is 38.3 Å². The third-order valence-electron chi connectivity index (χ3n) is 6.47. The fourth-order valence-electron chi connectivity index (χ4n) is 4.35. The van der Waals surface area contributed by atoms with Crippen LogP contribution in [0.2, 0.25) is 10.0 Å². The fraction of sp³-hybridized carbons (Fsp3) is 0.310. The van der Waals surface area contributed by atoms with E-state index in [1.165, 1.54) is 44.4 Å². The molecule has 0 aromatic heterocycles. The Bertz CT molecular complexity index is 1530. The SMILES string of the molecule is CNC(=O)C(C)N(Cc1ccc(Cl)c(Cl)c1)C(=O)CN(c1cc(C)cc(C)c1)S(=O)(=O)c1ccc(OC)c(OC)c1. The van der Waals surface area contributed by atoms with Gasteiger partial charge in [0.1, 0.15) is 12.6 Å². The Morgan fingerprint density at radius 3 is 2.10 bits per heavy atom. The van der Waals surface area contributed by atoms with Gasteiger partial charge in [0, 0.05) is 19.7 Å². The second-order valence-electron chi connectivity index (χ2n) is 9.43. The van der Waals surface area contributed by atoms with Gasteiger partial charge in [-0.25, -0.2) is 8.42 Å². The van der Waals surface area contributed by atoms with Crippen molar-refractivity contribution in [1.29, 1.82) is 0 Å². The largest absolute Gasteiger partial charge is 0.493 e. The third kappa shape index (κ3) is 7.44. The molecule has 1 N–H and O–H groups in total. The monoisotopic (exact) mass is 621 g/mol. The fourth-order valence-corrected chi connectivity index (χ4v) is 6.09. The topological polar surface area (TPSA) is 105 Å². The lowest BCUT2D eigenvalue weighted by molar-refractivity contribution is -0.139. The lowest BCUT2D eigenvalue weighted by Crippen LogP contribution is -2.50. The van der Waals surface area contributed by atoms with Crippen LogP contribution in [0.5, 0.6) is 11.5 Å². The number of sulfonamides is 1. The maximum Gasteiger partial charge on any atom is 0.264 e. The highest BCUT2D eigenvalue weighted by Gasteiger charge is 2.33. The number of methoxy groups -OCH3 is 2. The van der Waals surface area contributed by atoms with E-state index in [9.17, 15) is 18.0 Å². The molecule has 2 amide bonds. The van der Waals surface area contributed by atoms with Gasteiger partial charge in [-0.2, -0.15) is 0 Å². The first-order valence-electron chi connectivity index (χ1n) is 12.6. The van der Waals surface area contributed by atoms with E-state index in [0.29, 0.717) is 22.0 Å². The van der Waals surface area contributed by atoms with Gasteiger partial charge in [0.15, 0.2) is 11.5 Å². The summed E-state index contributed by atoms with van der Waals surface area (Å²) >= 11 is 12.3. The summed E-state index contributed by atoms with van der Waals surface area (Å²) < 4.78 is 39.9. The second-order valence-corrected chi connectivity index (χ2v) is 12.1. The molecular formula is C29H33Cl2N3O6S. The molecular weight excluding hydrogens is 589 g/mol.